The first kappa shape index (κ1) is 16.7. The number of aliphatic hydroxyl groups excluding tert-OH is 1. The van der Waals surface area contributed by atoms with Gasteiger partial charge in [-0.25, -0.2) is 0 Å². The lowest BCUT2D eigenvalue weighted by molar-refractivity contribution is 0.102. The van der Waals surface area contributed by atoms with Gasteiger partial charge in [0, 0.05) is 19.1 Å². The van der Waals surface area contributed by atoms with Gasteiger partial charge in [0.05, 0.1) is 6.61 Å². The topological polar surface area (TPSA) is 49.5 Å². The van der Waals surface area contributed by atoms with Crippen molar-refractivity contribution in [3.63, 3.8) is 0 Å². The van der Waals surface area contributed by atoms with E-state index in [1.54, 1.807) is 0 Å². The minimum Gasteiger partial charge on any atom is -0.395 e. The van der Waals surface area contributed by atoms with Crippen molar-refractivity contribution in [2.75, 3.05) is 13.2 Å². The molecule has 2 aromatic rings. The average molecular weight is 298 g/mol. The molecule has 3 nitrogen and oxygen atoms in total. The van der Waals surface area contributed by atoms with Crippen molar-refractivity contribution in [3.8, 4) is 0 Å². The number of hydrogen-bond acceptors (Lipinski definition) is 3. The molecule has 0 heterocycles. The maximum absolute atomic E-state index is 9.80. The second kappa shape index (κ2) is 9.36. The maximum Gasteiger partial charge on any atom is 0.0587 e. The molecule has 0 unspecified atom stereocenters. The van der Waals surface area contributed by atoms with Crippen molar-refractivity contribution in [1.29, 1.82) is 0 Å². The Bertz CT molecular complexity index is 474. The van der Waals surface area contributed by atoms with Gasteiger partial charge in [0.15, 0.2) is 0 Å². The zero-order valence-electron chi connectivity index (χ0n) is 13.1. The summed E-state index contributed by atoms with van der Waals surface area (Å²) in [4.78, 5) is 2.35. The predicted octanol–water partition coefficient (Wildman–Crippen LogP) is 2.79. The zero-order valence-corrected chi connectivity index (χ0v) is 13.1. The molecule has 0 amide bonds. The van der Waals surface area contributed by atoms with Crippen LogP contribution in [-0.4, -0.2) is 29.2 Å². The molecule has 0 spiro atoms. The largest absolute Gasteiger partial charge is 0.395 e. The van der Waals surface area contributed by atoms with E-state index in [1.807, 2.05) is 12.1 Å². The van der Waals surface area contributed by atoms with Crippen LogP contribution in [0.5, 0.6) is 0 Å². The van der Waals surface area contributed by atoms with Gasteiger partial charge in [-0.3, -0.25) is 4.90 Å². The Morgan fingerprint density at radius 1 is 0.864 bits per heavy atom. The van der Waals surface area contributed by atoms with Gasteiger partial charge in [0.2, 0.25) is 0 Å². The summed E-state index contributed by atoms with van der Waals surface area (Å²) in [5.41, 5.74) is 8.17. The highest BCUT2D eigenvalue weighted by atomic mass is 16.3. The smallest absolute Gasteiger partial charge is 0.0587 e. The molecule has 22 heavy (non-hydrogen) atoms. The first-order valence-corrected chi connectivity index (χ1v) is 7.96. The zero-order chi connectivity index (χ0) is 15.6. The molecule has 0 aliphatic rings. The van der Waals surface area contributed by atoms with Gasteiger partial charge < -0.3 is 10.8 Å². The van der Waals surface area contributed by atoms with Crippen molar-refractivity contribution in [2.24, 2.45) is 5.73 Å². The Labute approximate surface area is 133 Å². The highest BCUT2D eigenvalue weighted by Crippen LogP contribution is 2.16. The van der Waals surface area contributed by atoms with Crippen LogP contribution in [0, 0.1) is 0 Å². The van der Waals surface area contributed by atoms with E-state index in [-0.39, 0.29) is 12.6 Å². The normalized spacial score (nSPS) is 12.5. The van der Waals surface area contributed by atoms with Gasteiger partial charge in [-0.2, -0.15) is 0 Å². The number of benzene rings is 2. The summed E-state index contributed by atoms with van der Waals surface area (Å²) in [5.74, 6) is 0. The van der Waals surface area contributed by atoms with Gasteiger partial charge >= 0.3 is 0 Å². The van der Waals surface area contributed by atoms with Crippen LogP contribution in [0.3, 0.4) is 0 Å². The second-order valence-corrected chi connectivity index (χ2v) is 5.64. The van der Waals surface area contributed by atoms with Gasteiger partial charge in [-0.05, 0) is 30.5 Å². The number of nitrogens with two attached hydrogens (primary N) is 1. The van der Waals surface area contributed by atoms with Crippen LogP contribution in [0.1, 0.15) is 24.0 Å². The van der Waals surface area contributed by atoms with Crippen LogP contribution in [0.4, 0.5) is 0 Å². The maximum atomic E-state index is 9.80. The van der Waals surface area contributed by atoms with Crippen LogP contribution in [0.25, 0.3) is 0 Å². The van der Waals surface area contributed by atoms with E-state index in [9.17, 15) is 5.11 Å². The summed E-state index contributed by atoms with van der Waals surface area (Å²) in [6.07, 6.45) is 1.86. The summed E-state index contributed by atoms with van der Waals surface area (Å²) >= 11 is 0. The molecule has 0 saturated heterocycles. The summed E-state index contributed by atoms with van der Waals surface area (Å²) in [6.45, 7) is 2.51. The molecular weight excluding hydrogens is 272 g/mol. The molecule has 0 fully saturated rings. The van der Waals surface area contributed by atoms with E-state index in [2.05, 4.69) is 53.4 Å². The summed E-state index contributed by atoms with van der Waals surface area (Å²) in [5, 5.41) is 9.80. The Kier molecular flexibility index (Phi) is 7.10. The highest BCUT2D eigenvalue weighted by Gasteiger charge is 2.18. The van der Waals surface area contributed by atoms with Crippen LogP contribution in [0.2, 0.25) is 0 Å². The molecule has 1 atom stereocenters. The molecule has 0 radical (unpaired) electrons. The minimum absolute atomic E-state index is 0.143. The molecular formula is C19H26N2O. The molecule has 0 aromatic heterocycles. The van der Waals surface area contributed by atoms with Crippen LogP contribution >= 0.6 is 0 Å². The summed E-state index contributed by atoms with van der Waals surface area (Å²) < 4.78 is 0. The van der Waals surface area contributed by atoms with Gasteiger partial charge in [-0.15, -0.1) is 0 Å². The van der Waals surface area contributed by atoms with Gasteiger partial charge in [-0.1, -0.05) is 60.7 Å². The first-order valence-electron chi connectivity index (χ1n) is 7.96. The van der Waals surface area contributed by atoms with Crippen LogP contribution in [-0.2, 0) is 13.1 Å². The summed E-state index contributed by atoms with van der Waals surface area (Å²) in [6, 6.07) is 21.0. The molecule has 3 heteroatoms. The van der Waals surface area contributed by atoms with E-state index in [1.165, 1.54) is 11.1 Å². The lowest BCUT2D eigenvalue weighted by Crippen LogP contribution is -2.37. The molecule has 0 saturated carbocycles. The fourth-order valence-corrected chi connectivity index (χ4v) is 2.69. The van der Waals surface area contributed by atoms with E-state index in [0.29, 0.717) is 6.54 Å². The number of hydrogen-bond donors (Lipinski definition) is 2. The summed E-state index contributed by atoms with van der Waals surface area (Å²) in [7, 11) is 0. The molecule has 0 aliphatic carbocycles. The molecule has 0 bridgehead atoms. The number of rotatable bonds is 9. The Balaban J connectivity index is 2.11. The Morgan fingerprint density at radius 3 is 1.77 bits per heavy atom. The van der Waals surface area contributed by atoms with Gasteiger partial charge in [0.1, 0.15) is 0 Å². The predicted molar refractivity (Wildman–Crippen MR) is 91.3 cm³/mol. The lowest BCUT2D eigenvalue weighted by atomic mass is 10.1. The van der Waals surface area contributed by atoms with Crippen LogP contribution in [0.15, 0.2) is 60.7 Å². The number of aliphatic hydroxyl groups is 1. The minimum atomic E-state index is 0.143. The molecule has 3 N–H and O–H groups in total. The first-order chi connectivity index (χ1) is 10.8. The fourth-order valence-electron chi connectivity index (χ4n) is 2.69. The standard InChI is InChI=1S/C19H26N2O/c20-13-7-12-19(16-22)21(14-17-8-3-1-4-9-17)15-18-10-5-2-6-11-18/h1-6,8-11,19,22H,7,12-16,20H2/t19-/m0/s1. The molecule has 0 aliphatic heterocycles. The number of nitrogens with zero attached hydrogens (tertiary/aromatic N) is 1. The lowest BCUT2D eigenvalue weighted by Gasteiger charge is -2.31. The Morgan fingerprint density at radius 2 is 1.36 bits per heavy atom. The SMILES string of the molecule is NCCC[C@@H](CO)N(Cc1ccccc1)Cc1ccccc1. The second-order valence-electron chi connectivity index (χ2n) is 5.64. The molecule has 2 rings (SSSR count). The van der Waals surface area contributed by atoms with Crippen molar-refractivity contribution in [2.45, 2.75) is 32.0 Å². The van der Waals surface area contributed by atoms with E-state index in [0.717, 1.165) is 25.9 Å². The van der Waals surface area contributed by atoms with Crippen molar-refractivity contribution >= 4 is 0 Å². The van der Waals surface area contributed by atoms with Crippen molar-refractivity contribution < 1.29 is 5.11 Å². The average Bonchev–Trinajstić information content (AvgIpc) is 2.57. The third-order valence-electron chi connectivity index (χ3n) is 3.93. The molecule has 118 valence electrons. The third kappa shape index (κ3) is 5.26. The van der Waals surface area contributed by atoms with Gasteiger partial charge in [0.25, 0.3) is 0 Å². The van der Waals surface area contributed by atoms with E-state index in [4.69, 9.17) is 5.73 Å². The fraction of sp³-hybridized carbons (Fsp3) is 0.368. The monoisotopic (exact) mass is 298 g/mol. The van der Waals surface area contributed by atoms with E-state index >= 15 is 0 Å². The quantitative estimate of drug-likeness (QED) is 0.748. The van der Waals surface area contributed by atoms with Crippen molar-refractivity contribution in [1.82, 2.24) is 4.90 Å². The molecule has 2 aromatic carbocycles. The highest BCUT2D eigenvalue weighted by molar-refractivity contribution is 5.17. The van der Waals surface area contributed by atoms with E-state index < -0.39 is 0 Å². The third-order valence-corrected chi connectivity index (χ3v) is 3.93. The Hall–Kier alpha value is -1.68. The van der Waals surface area contributed by atoms with Crippen LogP contribution < -0.4 is 5.73 Å². The van der Waals surface area contributed by atoms with Crippen molar-refractivity contribution in [3.05, 3.63) is 71.8 Å².